The van der Waals surface area contributed by atoms with Crippen molar-refractivity contribution in [2.75, 3.05) is 13.1 Å². The first kappa shape index (κ1) is 14.1. The minimum atomic E-state index is -2.63. The average molecular weight is 267 g/mol. The van der Waals surface area contributed by atoms with E-state index in [4.69, 9.17) is 0 Å². The molecule has 4 heteroatoms. The second kappa shape index (κ2) is 5.37. The fraction of sp³-hybridized carbons (Fsp3) is 0.533. The maximum atomic E-state index is 14.1. The highest BCUT2D eigenvalue weighted by molar-refractivity contribution is 5.19. The molecule has 0 aliphatic carbocycles. The van der Waals surface area contributed by atoms with Gasteiger partial charge >= 0.3 is 0 Å². The molecule has 2 nitrogen and oxygen atoms in total. The Balaban J connectivity index is 2.23. The van der Waals surface area contributed by atoms with Crippen LogP contribution in [-0.4, -0.2) is 30.0 Å². The molecule has 1 aromatic heterocycles. The van der Waals surface area contributed by atoms with Gasteiger partial charge < -0.3 is 0 Å². The summed E-state index contributed by atoms with van der Waals surface area (Å²) in [5.74, 6) is -3.36. The average Bonchev–Trinajstić information content (AvgIpc) is 2.39. The highest BCUT2D eigenvalue weighted by Gasteiger charge is 2.45. The Morgan fingerprint density at radius 3 is 2.68 bits per heavy atom. The van der Waals surface area contributed by atoms with E-state index in [1.807, 2.05) is 37.0 Å². The van der Waals surface area contributed by atoms with E-state index in [9.17, 15) is 8.78 Å². The van der Waals surface area contributed by atoms with Crippen LogP contribution in [0.25, 0.3) is 0 Å². The van der Waals surface area contributed by atoms with Gasteiger partial charge in [0.2, 0.25) is 0 Å². The van der Waals surface area contributed by atoms with Crippen LogP contribution in [0.5, 0.6) is 0 Å². The van der Waals surface area contributed by atoms with E-state index < -0.39 is 11.8 Å². The van der Waals surface area contributed by atoms with Gasteiger partial charge in [-0.1, -0.05) is 6.08 Å². The molecule has 0 bridgehead atoms. The lowest BCUT2D eigenvalue weighted by Gasteiger charge is -2.40. The first-order valence-corrected chi connectivity index (χ1v) is 6.63. The van der Waals surface area contributed by atoms with Crippen molar-refractivity contribution in [1.82, 2.24) is 4.90 Å². The summed E-state index contributed by atoms with van der Waals surface area (Å²) in [5, 5.41) is 0. The van der Waals surface area contributed by atoms with E-state index in [2.05, 4.69) is 11.5 Å². The number of halogens is 2. The third-order valence-corrected chi connectivity index (χ3v) is 3.98. The monoisotopic (exact) mass is 267 g/mol. The van der Waals surface area contributed by atoms with E-state index in [-0.39, 0.29) is 12.5 Å². The minimum Gasteiger partial charge on any atom is -0.296 e. The van der Waals surface area contributed by atoms with Crippen molar-refractivity contribution in [2.45, 2.75) is 31.2 Å². The van der Waals surface area contributed by atoms with Crippen molar-refractivity contribution < 1.29 is 13.3 Å². The molecular formula is C15H21F2N2+. The predicted molar refractivity (Wildman–Crippen MR) is 71.2 cm³/mol. The largest absolute Gasteiger partial charge is 0.296 e. The standard InChI is InChI=1S/C15H21F2N2/c1-4-12(2)19-10-7-15(16,17)14(11-19)13-5-8-18(3)9-6-13/h4-6,8-9,12,14H,1,7,10-11H2,2-3H3/q+1. The Labute approximate surface area is 113 Å². The molecule has 1 saturated heterocycles. The van der Waals surface area contributed by atoms with Crippen molar-refractivity contribution in [3.05, 3.63) is 42.7 Å². The van der Waals surface area contributed by atoms with Crippen LogP contribution in [0.15, 0.2) is 37.2 Å². The van der Waals surface area contributed by atoms with Crippen molar-refractivity contribution in [1.29, 1.82) is 0 Å². The van der Waals surface area contributed by atoms with Crippen LogP contribution in [0.4, 0.5) is 8.78 Å². The molecule has 0 aromatic carbocycles. The molecule has 2 atom stereocenters. The molecule has 0 saturated carbocycles. The van der Waals surface area contributed by atoms with E-state index in [1.54, 1.807) is 12.1 Å². The second-order valence-corrected chi connectivity index (χ2v) is 5.33. The lowest BCUT2D eigenvalue weighted by Crippen LogP contribution is -2.48. The maximum absolute atomic E-state index is 14.1. The molecule has 0 spiro atoms. The van der Waals surface area contributed by atoms with Gasteiger partial charge in [0, 0.05) is 37.7 Å². The molecule has 0 radical (unpaired) electrons. The van der Waals surface area contributed by atoms with Crippen molar-refractivity contribution >= 4 is 0 Å². The van der Waals surface area contributed by atoms with Gasteiger partial charge in [0.05, 0.1) is 5.92 Å². The Bertz CT molecular complexity index is 442. The molecule has 1 aromatic rings. The number of piperidine rings is 1. The lowest BCUT2D eigenvalue weighted by atomic mass is 9.87. The van der Waals surface area contributed by atoms with Crippen molar-refractivity contribution in [3.8, 4) is 0 Å². The number of pyridine rings is 1. The van der Waals surface area contributed by atoms with Gasteiger partial charge in [0.15, 0.2) is 12.4 Å². The summed E-state index contributed by atoms with van der Waals surface area (Å²) < 4.78 is 30.1. The summed E-state index contributed by atoms with van der Waals surface area (Å²) in [5.41, 5.74) is 0.712. The minimum absolute atomic E-state index is 0.0864. The topological polar surface area (TPSA) is 7.12 Å². The SMILES string of the molecule is C=CC(C)N1CCC(F)(F)C(c2cc[n+](C)cc2)C1. The van der Waals surface area contributed by atoms with Gasteiger partial charge in [0.1, 0.15) is 7.05 Å². The summed E-state index contributed by atoms with van der Waals surface area (Å²) >= 11 is 0. The molecule has 1 fully saturated rings. The summed E-state index contributed by atoms with van der Waals surface area (Å²) in [7, 11) is 1.88. The molecule has 2 heterocycles. The first-order valence-electron chi connectivity index (χ1n) is 6.63. The van der Waals surface area contributed by atoms with Crippen LogP contribution in [-0.2, 0) is 7.05 Å². The molecule has 104 valence electrons. The number of hydrogen-bond acceptors (Lipinski definition) is 1. The third-order valence-electron chi connectivity index (χ3n) is 3.98. The fourth-order valence-corrected chi connectivity index (χ4v) is 2.54. The Hall–Kier alpha value is -1.29. The van der Waals surface area contributed by atoms with Gasteiger partial charge in [0.25, 0.3) is 5.92 Å². The van der Waals surface area contributed by atoms with Gasteiger partial charge in [-0.15, -0.1) is 6.58 Å². The number of nitrogens with zero attached hydrogens (tertiary/aromatic N) is 2. The molecule has 0 amide bonds. The zero-order valence-electron chi connectivity index (χ0n) is 11.5. The van der Waals surface area contributed by atoms with Crippen LogP contribution >= 0.6 is 0 Å². The number of alkyl halides is 2. The molecule has 19 heavy (non-hydrogen) atoms. The Morgan fingerprint density at radius 1 is 1.47 bits per heavy atom. The highest BCUT2D eigenvalue weighted by Crippen LogP contribution is 2.40. The van der Waals surface area contributed by atoms with E-state index in [0.717, 1.165) is 0 Å². The van der Waals surface area contributed by atoms with E-state index >= 15 is 0 Å². The Morgan fingerprint density at radius 2 is 2.11 bits per heavy atom. The fourth-order valence-electron chi connectivity index (χ4n) is 2.54. The molecule has 1 aliphatic rings. The van der Waals surface area contributed by atoms with Crippen LogP contribution < -0.4 is 4.57 Å². The van der Waals surface area contributed by atoms with Gasteiger partial charge in [-0.25, -0.2) is 13.3 Å². The number of likely N-dealkylation sites (tertiary alicyclic amines) is 1. The zero-order chi connectivity index (χ0) is 14.0. The smallest absolute Gasteiger partial charge is 0.257 e. The summed E-state index contributed by atoms with van der Waals surface area (Å²) in [6, 6.07) is 3.72. The van der Waals surface area contributed by atoms with Gasteiger partial charge in [-0.3, -0.25) is 4.90 Å². The Kier molecular flexibility index (Phi) is 3.99. The molecule has 0 N–H and O–H groups in total. The van der Waals surface area contributed by atoms with Crippen LogP contribution in [0.1, 0.15) is 24.8 Å². The summed E-state index contributed by atoms with van der Waals surface area (Å²) in [6.45, 7) is 6.56. The number of rotatable bonds is 3. The lowest BCUT2D eigenvalue weighted by molar-refractivity contribution is -0.671. The van der Waals surface area contributed by atoms with Crippen LogP contribution in [0.2, 0.25) is 0 Å². The second-order valence-electron chi connectivity index (χ2n) is 5.33. The zero-order valence-corrected chi connectivity index (χ0v) is 11.5. The van der Waals surface area contributed by atoms with Crippen molar-refractivity contribution in [2.24, 2.45) is 7.05 Å². The highest BCUT2D eigenvalue weighted by atomic mass is 19.3. The molecule has 2 rings (SSSR count). The number of hydrogen-bond donors (Lipinski definition) is 0. The predicted octanol–water partition coefficient (Wildman–Crippen LogP) is 2.51. The van der Waals surface area contributed by atoms with Gasteiger partial charge in [-0.2, -0.15) is 0 Å². The summed E-state index contributed by atoms with van der Waals surface area (Å²) in [4.78, 5) is 2.07. The van der Waals surface area contributed by atoms with E-state index in [1.165, 1.54) is 0 Å². The van der Waals surface area contributed by atoms with Crippen LogP contribution in [0, 0.1) is 0 Å². The number of aryl methyl sites for hydroxylation is 1. The first-order chi connectivity index (χ1) is 8.94. The van der Waals surface area contributed by atoms with Crippen LogP contribution in [0.3, 0.4) is 0 Å². The van der Waals surface area contributed by atoms with Gasteiger partial charge in [-0.05, 0) is 12.5 Å². The quantitative estimate of drug-likeness (QED) is 0.603. The molecule has 2 unspecified atom stereocenters. The number of aromatic nitrogens is 1. The maximum Gasteiger partial charge on any atom is 0.257 e. The summed E-state index contributed by atoms with van der Waals surface area (Å²) in [6.07, 6.45) is 5.37. The van der Waals surface area contributed by atoms with E-state index in [0.29, 0.717) is 18.7 Å². The molecule has 1 aliphatic heterocycles. The normalized spacial score (nSPS) is 24.9. The molecular weight excluding hydrogens is 246 g/mol. The third kappa shape index (κ3) is 3.00. The van der Waals surface area contributed by atoms with Crippen molar-refractivity contribution in [3.63, 3.8) is 0 Å².